The van der Waals surface area contributed by atoms with Gasteiger partial charge in [-0.05, 0) is 36.2 Å². The van der Waals surface area contributed by atoms with Crippen molar-refractivity contribution in [1.82, 2.24) is 5.32 Å². The number of furan rings is 1. The van der Waals surface area contributed by atoms with E-state index in [1.165, 1.54) is 18.4 Å². The first kappa shape index (κ1) is 19.9. The molecular formula is C22H20N2O5. The van der Waals surface area contributed by atoms with Crippen molar-refractivity contribution in [2.45, 2.75) is 6.42 Å². The number of amides is 2. The molecule has 2 N–H and O–H groups in total. The maximum atomic E-state index is 12.4. The van der Waals surface area contributed by atoms with Crippen LogP contribution in [0, 0.1) is 0 Å². The van der Waals surface area contributed by atoms with Gasteiger partial charge in [0.25, 0.3) is 11.8 Å². The highest BCUT2D eigenvalue weighted by Gasteiger charge is 2.17. The average Bonchev–Trinajstić information content (AvgIpc) is 3.28. The fourth-order valence-electron chi connectivity index (χ4n) is 2.61. The van der Waals surface area contributed by atoms with E-state index in [0.29, 0.717) is 13.0 Å². The lowest BCUT2D eigenvalue weighted by Gasteiger charge is -2.10. The van der Waals surface area contributed by atoms with Crippen LogP contribution in [0.5, 0.6) is 0 Å². The molecular weight excluding hydrogens is 372 g/mol. The van der Waals surface area contributed by atoms with Crippen molar-refractivity contribution in [3.63, 3.8) is 0 Å². The Morgan fingerprint density at radius 1 is 0.897 bits per heavy atom. The van der Waals surface area contributed by atoms with Crippen molar-refractivity contribution in [1.29, 1.82) is 0 Å². The van der Waals surface area contributed by atoms with E-state index in [4.69, 9.17) is 9.15 Å². The normalized spacial score (nSPS) is 10.2. The van der Waals surface area contributed by atoms with Crippen LogP contribution < -0.4 is 10.6 Å². The summed E-state index contributed by atoms with van der Waals surface area (Å²) in [6.07, 6.45) is 2.06. The van der Waals surface area contributed by atoms with Gasteiger partial charge in [-0.3, -0.25) is 9.59 Å². The zero-order chi connectivity index (χ0) is 20.5. The van der Waals surface area contributed by atoms with Crippen molar-refractivity contribution in [3.8, 4) is 0 Å². The molecule has 0 fully saturated rings. The maximum absolute atomic E-state index is 12.4. The Kier molecular flexibility index (Phi) is 6.78. The summed E-state index contributed by atoms with van der Waals surface area (Å²) in [4.78, 5) is 36.4. The van der Waals surface area contributed by atoms with Crippen LogP contribution in [0.4, 0.5) is 5.69 Å². The van der Waals surface area contributed by atoms with Crippen molar-refractivity contribution in [2.75, 3.05) is 18.5 Å². The van der Waals surface area contributed by atoms with Gasteiger partial charge in [-0.2, -0.15) is 0 Å². The number of hydrogen-bond donors (Lipinski definition) is 2. The lowest BCUT2D eigenvalue weighted by atomic mass is 10.1. The first-order valence-corrected chi connectivity index (χ1v) is 9.05. The van der Waals surface area contributed by atoms with Crippen LogP contribution in [0.25, 0.3) is 0 Å². The van der Waals surface area contributed by atoms with Gasteiger partial charge in [-0.1, -0.05) is 42.5 Å². The van der Waals surface area contributed by atoms with E-state index in [1.807, 2.05) is 30.3 Å². The summed E-state index contributed by atoms with van der Waals surface area (Å²) in [5, 5.41) is 5.30. The Labute approximate surface area is 167 Å². The minimum absolute atomic E-state index is 0.117. The SMILES string of the molecule is O=C(COC(=O)c1ccccc1NC(=O)c1ccco1)NCCc1ccccc1. The van der Waals surface area contributed by atoms with E-state index in [9.17, 15) is 14.4 Å². The topological polar surface area (TPSA) is 97.6 Å². The van der Waals surface area contributed by atoms with Gasteiger partial charge in [0, 0.05) is 6.54 Å². The maximum Gasteiger partial charge on any atom is 0.340 e. The highest BCUT2D eigenvalue weighted by molar-refractivity contribution is 6.06. The molecule has 2 amide bonds. The molecule has 7 heteroatoms. The molecule has 0 aliphatic heterocycles. The quantitative estimate of drug-likeness (QED) is 0.574. The number of esters is 1. The van der Waals surface area contributed by atoms with Gasteiger partial charge in [0.1, 0.15) is 0 Å². The Balaban J connectivity index is 1.50. The zero-order valence-electron chi connectivity index (χ0n) is 15.6. The molecule has 0 aliphatic carbocycles. The highest BCUT2D eigenvalue weighted by Crippen LogP contribution is 2.17. The molecule has 0 spiro atoms. The molecule has 0 aliphatic rings. The highest BCUT2D eigenvalue weighted by atomic mass is 16.5. The molecule has 1 heterocycles. The number of carbonyl (C=O) groups is 3. The molecule has 0 saturated carbocycles. The molecule has 3 aromatic rings. The van der Waals surface area contributed by atoms with E-state index in [0.717, 1.165) is 5.56 Å². The van der Waals surface area contributed by atoms with Gasteiger partial charge in [0.15, 0.2) is 12.4 Å². The Bertz CT molecular complexity index is 968. The third-order valence-corrected chi connectivity index (χ3v) is 4.05. The van der Waals surface area contributed by atoms with Crippen molar-refractivity contribution in [3.05, 3.63) is 89.9 Å². The van der Waals surface area contributed by atoms with Crippen LogP contribution in [0.15, 0.2) is 77.4 Å². The summed E-state index contributed by atoms with van der Waals surface area (Å²) >= 11 is 0. The van der Waals surface area contributed by atoms with E-state index in [-0.39, 0.29) is 17.0 Å². The summed E-state index contributed by atoms with van der Waals surface area (Å²) < 4.78 is 10.1. The molecule has 29 heavy (non-hydrogen) atoms. The number of nitrogens with one attached hydrogen (secondary N) is 2. The van der Waals surface area contributed by atoms with E-state index in [1.54, 1.807) is 24.3 Å². The number of hydrogen-bond acceptors (Lipinski definition) is 5. The molecule has 0 bridgehead atoms. The van der Waals surface area contributed by atoms with Gasteiger partial charge in [-0.15, -0.1) is 0 Å². The summed E-state index contributed by atoms with van der Waals surface area (Å²) in [6.45, 7) is 0.0320. The smallest absolute Gasteiger partial charge is 0.340 e. The predicted molar refractivity (Wildman–Crippen MR) is 107 cm³/mol. The second-order valence-corrected chi connectivity index (χ2v) is 6.14. The summed E-state index contributed by atoms with van der Waals surface area (Å²) in [5.41, 5.74) is 1.51. The number of carbonyl (C=O) groups excluding carboxylic acids is 3. The second kappa shape index (κ2) is 9.89. The van der Waals surface area contributed by atoms with Gasteiger partial charge in [0.05, 0.1) is 17.5 Å². The number of rotatable bonds is 8. The number of ether oxygens (including phenoxy) is 1. The second-order valence-electron chi connectivity index (χ2n) is 6.14. The van der Waals surface area contributed by atoms with Crippen LogP contribution in [0.1, 0.15) is 26.5 Å². The Morgan fingerprint density at radius 2 is 1.66 bits per heavy atom. The summed E-state index contributed by atoms with van der Waals surface area (Å²) in [6, 6.07) is 19.2. The number of anilines is 1. The molecule has 3 rings (SSSR count). The summed E-state index contributed by atoms with van der Waals surface area (Å²) in [5.74, 6) is -1.48. The first-order chi connectivity index (χ1) is 14.1. The van der Waals surface area contributed by atoms with Crippen LogP contribution >= 0.6 is 0 Å². The lowest BCUT2D eigenvalue weighted by molar-refractivity contribution is -0.124. The first-order valence-electron chi connectivity index (χ1n) is 9.05. The Morgan fingerprint density at radius 3 is 2.41 bits per heavy atom. The molecule has 1 aromatic heterocycles. The zero-order valence-corrected chi connectivity index (χ0v) is 15.6. The van der Waals surface area contributed by atoms with Crippen molar-refractivity contribution in [2.24, 2.45) is 0 Å². The average molecular weight is 392 g/mol. The third-order valence-electron chi connectivity index (χ3n) is 4.05. The molecule has 0 radical (unpaired) electrons. The molecule has 7 nitrogen and oxygen atoms in total. The predicted octanol–water partition coefficient (Wildman–Crippen LogP) is 3.05. The minimum Gasteiger partial charge on any atom is -0.459 e. The van der Waals surface area contributed by atoms with Gasteiger partial charge in [0.2, 0.25) is 0 Å². The summed E-state index contributed by atoms with van der Waals surface area (Å²) in [7, 11) is 0. The van der Waals surface area contributed by atoms with Crippen molar-refractivity contribution < 1.29 is 23.5 Å². The van der Waals surface area contributed by atoms with Gasteiger partial charge >= 0.3 is 5.97 Å². The molecule has 2 aromatic carbocycles. The molecule has 0 saturated heterocycles. The molecule has 0 atom stereocenters. The van der Waals surface area contributed by atoms with Crippen LogP contribution in [0.2, 0.25) is 0 Å². The third kappa shape index (κ3) is 5.80. The Hall–Kier alpha value is -3.87. The van der Waals surface area contributed by atoms with E-state index in [2.05, 4.69) is 10.6 Å². The fourth-order valence-corrected chi connectivity index (χ4v) is 2.61. The number of para-hydroxylation sites is 1. The van der Waals surface area contributed by atoms with Crippen LogP contribution in [-0.4, -0.2) is 30.9 Å². The fraction of sp³-hybridized carbons (Fsp3) is 0.136. The standard InChI is InChI=1S/C22H20N2O5/c25-20(23-13-12-16-7-2-1-3-8-16)15-29-22(27)17-9-4-5-10-18(17)24-21(26)19-11-6-14-28-19/h1-11,14H,12-13,15H2,(H,23,25)(H,24,26). The van der Waals surface area contributed by atoms with Gasteiger partial charge < -0.3 is 19.8 Å². The molecule has 148 valence electrons. The lowest BCUT2D eigenvalue weighted by Crippen LogP contribution is -2.30. The number of benzene rings is 2. The largest absolute Gasteiger partial charge is 0.459 e. The van der Waals surface area contributed by atoms with E-state index < -0.39 is 24.4 Å². The minimum atomic E-state index is -0.710. The van der Waals surface area contributed by atoms with Crippen molar-refractivity contribution >= 4 is 23.5 Å². The van der Waals surface area contributed by atoms with Crippen LogP contribution in [0.3, 0.4) is 0 Å². The van der Waals surface area contributed by atoms with Crippen LogP contribution in [-0.2, 0) is 16.0 Å². The van der Waals surface area contributed by atoms with E-state index >= 15 is 0 Å². The monoisotopic (exact) mass is 392 g/mol. The molecule has 0 unspecified atom stereocenters. The van der Waals surface area contributed by atoms with Gasteiger partial charge in [-0.25, -0.2) is 4.79 Å².